The zero-order chi connectivity index (χ0) is 28.7. The van der Waals surface area contributed by atoms with Crippen LogP contribution in [-0.2, 0) is 16.1 Å². The van der Waals surface area contributed by atoms with Crippen LogP contribution >= 0.6 is 11.3 Å². The van der Waals surface area contributed by atoms with Crippen LogP contribution in [0.25, 0.3) is 26.3 Å². The number of anilines is 1. The lowest BCUT2D eigenvalue weighted by Gasteiger charge is -2.31. The number of fused-ring (bicyclic) bond motifs is 2. The van der Waals surface area contributed by atoms with Gasteiger partial charge in [-0.05, 0) is 31.2 Å². The fourth-order valence-corrected chi connectivity index (χ4v) is 6.10. The Balaban J connectivity index is 1.50. The maximum absolute atomic E-state index is 14.1. The summed E-state index contributed by atoms with van der Waals surface area (Å²) >= 11 is 1.33. The molecule has 1 aliphatic heterocycles. The first-order valence-electron chi connectivity index (χ1n) is 13.0. The molecule has 1 N–H and O–H groups in total. The normalized spacial score (nSPS) is 13.6. The van der Waals surface area contributed by atoms with Gasteiger partial charge in [-0.15, -0.1) is 0 Å². The summed E-state index contributed by atoms with van der Waals surface area (Å²) in [5.41, 5.74) is 1.34. The van der Waals surface area contributed by atoms with Crippen LogP contribution in [0.1, 0.15) is 5.69 Å². The Kier molecular flexibility index (Phi) is 6.97. The van der Waals surface area contributed by atoms with Gasteiger partial charge in [0, 0.05) is 12.1 Å². The highest BCUT2D eigenvalue weighted by molar-refractivity contribution is 7.20. The highest BCUT2D eigenvalue weighted by Gasteiger charge is 2.25. The monoisotopic (exact) mass is 576 g/mol. The molecule has 41 heavy (non-hydrogen) atoms. The molecule has 0 saturated carbocycles. The van der Waals surface area contributed by atoms with Crippen LogP contribution in [0.5, 0.6) is 11.5 Å². The Hall–Kier alpha value is -4.62. The van der Waals surface area contributed by atoms with Crippen molar-refractivity contribution in [1.82, 2.24) is 19.0 Å². The third kappa shape index (κ3) is 4.72. The number of rotatable bonds is 7. The topological polar surface area (TPSA) is 122 Å². The van der Waals surface area contributed by atoms with Crippen molar-refractivity contribution >= 4 is 44.1 Å². The molecule has 1 amide bonds. The molecule has 1 fully saturated rings. The number of nitrogens with one attached hydrogen (secondary N) is 1. The van der Waals surface area contributed by atoms with Crippen LogP contribution in [-0.4, -0.2) is 65.5 Å². The van der Waals surface area contributed by atoms with E-state index in [1.165, 1.54) is 38.6 Å². The summed E-state index contributed by atoms with van der Waals surface area (Å²) in [5.74, 6) is 0.575. The van der Waals surface area contributed by atoms with Crippen molar-refractivity contribution in [2.45, 2.75) is 13.5 Å². The summed E-state index contributed by atoms with van der Waals surface area (Å²) in [4.78, 5) is 45.7. The molecule has 0 atom stereocenters. The van der Waals surface area contributed by atoms with Crippen LogP contribution < -0.4 is 30.9 Å². The van der Waals surface area contributed by atoms with E-state index in [9.17, 15) is 14.4 Å². The van der Waals surface area contributed by atoms with Crippen molar-refractivity contribution in [3.8, 4) is 16.6 Å². The lowest BCUT2D eigenvalue weighted by molar-refractivity contribution is -0.116. The second kappa shape index (κ2) is 10.7. The number of aryl methyl sites for hydroxylation is 1. The Labute approximate surface area is 237 Å². The van der Waals surface area contributed by atoms with E-state index < -0.39 is 5.91 Å². The molecule has 5 aromatic rings. The number of morpholine rings is 1. The number of para-hydroxylation sites is 1. The lowest BCUT2D eigenvalue weighted by Crippen LogP contribution is -2.49. The number of methoxy groups -OCH3 is 2. The van der Waals surface area contributed by atoms with E-state index in [1.54, 1.807) is 32.2 Å². The molecule has 212 valence electrons. The smallest absolute Gasteiger partial charge is 0.283 e. The van der Waals surface area contributed by atoms with Gasteiger partial charge in [-0.3, -0.25) is 19.1 Å². The number of carbonyl (C=O) groups is 1. The molecule has 4 heterocycles. The van der Waals surface area contributed by atoms with Gasteiger partial charge in [-0.25, -0.2) is 9.66 Å². The third-order valence-electron chi connectivity index (χ3n) is 7.04. The molecule has 0 unspecified atom stereocenters. The second-order valence-corrected chi connectivity index (χ2v) is 10.5. The largest absolute Gasteiger partial charge is 0.497 e. The standard InChI is InChI=1S/C28H28N6O6S/c1-17-26-21(15-25(36)33(17)31-10-12-40-13-11-31)32(16-24(35)29-19-9-8-18(38-2)14-22(19)39-3)34(27(26)37)28-30-20-6-4-5-7-23(20)41-28/h4-9,14-15H,10-13,16H2,1-3H3,(H,29,35). The molecule has 3 aromatic heterocycles. The molecule has 1 saturated heterocycles. The molecule has 1 aliphatic rings. The van der Waals surface area contributed by atoms with Crippen molar-refractivity contribution in [2.24, 2.45) is 0 Å². The number of aromatic nitrogens is 4. The minimum Gasteiger partial charge on any atom is -0.497 e. The summed E-state index contributed by atoms with van der Waals surface area (Å²) in [5, 5.41) is 5.47. The Morgan fingerprint density at radius 3 is 2.59 bits per heavy atom. The minimum absolute atomic E-state index is 0.260. The SMILES string of the molecule is COc1ccc(NC(=O)Cn2c3cc(=O)n(N4CCOCC4)c(C)c3c(=O)n2-c2nc3ccccc3s2)c(OC)c1. The van der Waals surface area contributed by atoms with Gasteiger partial charge in [0.25, 0.3) is 11.1 Å². The number of hydrogen-bond acceptors (Lipinski definition) is 9. The van der Waals surface area contributed by atoms with Crippen LogP contribution in [0.4, 0.5) is 5.69 Å². The summed E-state index contributed by atoms with van der Waals surface area (Å²) in [6.45, 7) is 3.49. The number of thiazole rings is 1. The van der Waals surface area contributed by atoms with E-state index in [4.69, 9.17) is 14.2 Å². The molecular formula is C28H28N6O6S. The van der Waals surface area contributed by atoms with Crippen molar-refractivity contribution in [3.05, 3.63) is 74.9 Å². The fourth-order valence-electron chi connectivity index (χ4n) is 5.13. The molecule has 12 nitrogen and oxygen atoms in total. The number of hydrogen-bond donors (Lipinski definition) is 1. The predicted molar refractivity (Wildman–Crippen MR) is 157 cm³/mol. The number of nitrogens with zero attached hydrogens (tertiary/aromatic N) is 5. The van der Waals surface area contributed by atoms with Gasteiger partial charge in [0.1, 0.15) is 18.0 Å². The minimum atomic E-state index is -0.421. The average Bonchev–Trinajstić information content (AvgIpc) is 3.52. The Morgan fingerprint density at radius 1 is 1.07 bits per heavy atom. The summed E-state index contributed by atoms with van der Waals surface area (Å²) in [7, 11) is 3.04. The number of amides is 1. The van der Waals surface area contributed by atoms with E-state index in [-0.39, 0.29) is 17.7 Å². The molecule has 0 radical (unpaired) electrons. The van der Waals surface area contributed by atoms with Gasteiger partial charge in [-0.1, -0.05) is 23.5 Å². The lowest BCUT2D eigenvalue weighted by atomic mass is 10.2. The van der Waals surface area contributed by atoms with Crippen molar-refractivity contribution < 1.29 is 19.0 Å². The van der Waals surface area contributed by atoms with Gasteiger partial charge in [0.2, 0.25) is 11.0 Å². The summed E-state index contributed by atoms with van der Waals surface area (Å²) in [6, 6.07) is 14.0. The fraction of sp³-hybridized carbons (Fsp3) is 0.286. The number of benzene rings is 2. The average molecular weight is 577 g/mol. The Morgan fingerprint density at radius 2 is 1.85 bits per heavy atom. The predicted octanol–water partition coefficient (Wildman–Crippen LogP) is 2.50. The highest BCUT2D eigenvalue weighted by atomic mass is 32.1. The molecule has 0 spiro atoms. The third-order valence-corrected chi connectivity index (χ3v) is 8.05. The quantitative estimate of drug-likeness (QED) is 0.314. The first kappa shape index (κ1) is 26.6. The number of carbonyl (C=O) groups excluding carboxylic acids is 1. The van der Waals surface area contributed by atoms with Gasteiger partial charge in [-0.2, -0.15) is 4.68 Å². The molecular weight excluding hydrogens is 548 g/mol. The summed E-state index contributed by atoms with van der Waals surface area (Å²) < 4.78 is 21.4. The van der Waals surface area contributed by atoms with Gasteiger partial charge in [0.05, 0.1) is 73.0 Å². The van der Waals surface area contributed by atoms with Crippen LogP contribution in [0.2, 0.25) is 0 Å². The zero-order valence-electron chi connectivity index (χ0n) is 22.7. The van der Waals surface area contributed by atoms with E-state index in [0.29, 0.717) is 65.2 Å². The maximum Gasteiger partial charge on any atom is 0.283 e. The molecule has 6 rings (SSSR count). The maximum atomic E-state index is 14.1. The highest BCUT2D eigenvalue weighted by Crippen LogP contribution is 2.30. The van der Waals surface area contributed by atoms with Crippen molar-refractivity contribution in [2.75, 3.05) is 50.8 Å². The summed E-state index contributed by atoms with van der Waals surface area (Å²) in [6.07, 6.45) is 0. The van der Waals surface area contributed by atoms with Gasteiger partial charge >= 0.3 is 0 Å². The van der Waals surface area contributed by atoms with E-state index in [2.05, 4.69) is 10.3 Å². The molecule has 0 bridgehead atoms. The number of ether oxygens (including phenoxy) is 3. The molecule has 0 aliphatic carbocycles. The van der Waals surface area contributed by atoms with Crippen molar-refractivity contribution in [1.29, 1.82) is 0 Å². The van der Waals surface area contributed by atoms with Gasteiger partial charge in [0.15, 0.2) is 0 Å². The van der Waals surface area contributed by atoms with E-state index in [0.717, 1.165) is 10.2 Å². The van der Waals surface area contributed by atoms with Crippen LogP contribution in [0.3, 0.4) is 0 Å². The molecule has 2 aromatic carbocycles. The molecule has 13 heteroatoms. The first-order valence-corrected chi connectivity index (χ1v) is 13.8. The van der Waals surface area contributed by atoms with Crippen molar-refractivity contribution in [3.63, 3.8) is 0 Å². The van der Waals surface area contributed by atoms with E-state index >= 15 is 0 Å². The van der Waals surface area contributed by atoms with Crippen LogP contribution in [0, 0.1) is 6.92 Å². The zero-order valence-corrected chi connectivity index (χ0v) is 23.6. The Bertz CT molecular complexity index is 1870. The number of pyridine rings is 1. The second-order valence-electron chi connectivity index (χ2n) is 9.46. The van der Waals surface area contributed by atoms with Gasteiger partial charge < -0.3 is 24.5 Å². The van der Waals surface area contributed by atoms with E-state index in [1.807, 2.05) is 29.3 Å². The van der Waals surface area contributed by atoms with Crippen LogP contribution in [0.15, 0.2) is 58.1 Å². The first-order chi connectivity index (χ1) is 19.9.